The van der Waals surface area contributed by atoms with Gasteiger partial charge in [-0.25, -0.2) is 0 Å². The fourth-order valence-corrected chi connectivity index (χ4v) is 4.92. The number of fused-ring (bicyclic) bond motifs is 1. The molecule has 0 aromatic heterocycles. The molecule has 1 aliphatic heterocycles. The summed E-state index contributed by atoms with van der Waals surface area (Å²) in [6, 6.07) is 0. The second-order valence-electron chi connectivity index (χ2n) is 8.00. The number of hydrogen-bond acceptors (Lipinski definition) is 6. The van der Waals surface area contributed by atoms with E-state index in [0.717, 1.165) is 45.6 Å². The zero-order valence-corrected chi connectivity index (χ0v) is 15.4. The molecule has 0 aromatic rings. The molecule has 4 aliphatic rings. The highest BCUT2D eigenvalue weighted by molar-refractivity contribution is 4.97. The number of aliphatic hydroxyl groups excluding tert-OH is 2. The zero-order valence-electron chi connectivity index (χ0n) is 15.4. The molecule has 3 N–H and O–H groups in total. The van der Waals surface area contributed by atoms with Gasteiger partial charge in [0.1, 0.15) is 6.10 Å². The summed E-state index contributed by atoms with van der Waals surface area (Å²) in [6.07, 6.45) is 10.2. The van der Waals surface area contributed by atoms with Gasteiger partial charge in [0.15, 0.2) is 11.6 Å². The third-order valence-electron chi connectivity index (χ3n) is 6.10. The maximum Gasteiger partial charge on any atom is 0.169 e. The lowest BCUT2D eigenvalue weighted by Gasteiger charge is -2.40. The number of rotatable bonds is 2. The normalized spacial score (nSPS) is 39.4. The molecule has 4 rings (SSSR count). The highest BCUT2D eigenvalue weighted by Gasteiger charge is 2.53. The van der Waals surface area contributed by atoms with Crippen molar-refractivity contribution in [2.45, 2.75) is 113 Å². The summed E-state index contributed by atoms with van der Waals surface area (Å²) < 4.78 is 18.5. The highest BCUT2D eigenvalue weighted by Crippen LogP contribution is 2.45. The first-order chi connectivity index (χ1) is 12.1. The molecule has 1 saturated heterocycles. The standard InChI is InChI=1S/C18H30O5.CH4O/c19-14-11-13(21-17(20)7-3-1-4-8-17)12-15-16(14)23-18(22-15)9-5-2-6-10-18;1-2/h13-16,19-20H,1-12H2;2H,1H3. The van der Waals surface area contributed by atoms with Crippen molar-refractivity contribution in [2.24, 2.45) is 0 Å². The van der Waals surface area contributed by atoms with E-state index in [1.54, 1.807) is 0 Å². The molecule has 3 aliphatic carbocycles. The van der Waals surface area contributed by atoms with Crippen LogP contribution in [0.1, 0.15) is 77.0 Å². The minimum Gasteiger partial charge on any atom is -0.400 e. The van der Waals surface area contributed by atoms with E-state index in [2.05, 4.69) is 0 Å². The van der Waals surface area contributed by atoms with Crippen LogP contribution in [0, 0.1) is 0 Å². The molecule has 4 fully saturated rings. The Morgan fingerprint density at radius 1 is 0.840 bits per heavy atom. The van der Waals surface area contributed by atoms with Crippen LogP contribution in [0.4, 0.5) is 0 Å². The fourth-order valence-electron chi connectivity index (χ4n) is 4.92. The molecule has 146 valence electrons. The Kier molecular flexibility index (Phi) is 6.40. The zero-order chi connectivity index (χ0) is 17.9. The van der Waals surface area contributed by atoms with Gasteiger partial charge in [-0.15, -0.1) is 0 Å². The molecule has 6 nitrogen and oxygen atoms in total. The quantitative estimate of drug-likeness (QED) is 0.656. The summed E-state index contributed by atoms with van der Waals surface area (Å²) in [5.74, 6) is -1.47. The third kappa shape index (κ3) is 4.37. The molecular weight excluding hydrogens is 324 g/mol. The van der Waals surface area contributed by atoms with Crippen molar-refractivity contribution in [2.75, 3.05) is 7.11 Å². The average molecular weight is 358 g/mol. The van der Waals surface area contributed by atoms with Gasteiger partial charge in [0, 0.05) is 45.6 Å². The van der Waals surface area contributed by atoms with Gasteiger partial charge in [-0.05, 0) is 25.7 Å². The Morgan fingerprint density at radius 3 is 2.08 bits per heavy atom. The second-order valence-corrected chi connectivity index (χ2v) is 8.00. The predicted molar refractivity (Wildman–Crippen MR) is 91.9 cm³/mol. The van der Waals surface area contributed by atoms with Crippen LogP contribution in [0.15, 0.2) is 0 Å². The van der Waals surface area contributed by atoms with Crippen LogP contribution in [0.3, 0.4) is 0 Å². The van der Waals surface area contributed by atoms with Crippen LogP contribution >= 0.6 is 0 Å². The molecule has 0 aromatic carbocycles. The number of ether oxygens (including phenoxy) is 3. The van der Waals surface area contributed by atoms with E-state index in [4.69, 9.17) is 19.3 Å². The van der Waals surface area contributed by atoms with E-state index in [0.29, 0.717) is 25.7 Å². The van der Waals surface area contributed by atoms with Crippen LogP contribution in [-0.4, -0.2) is 58.4 Å². The maximum absolute atomic E-state index is 10.6. The molecule has 1 heterocycles. The van der Waals surface area contributed by atoms with Crippen LogP contribution in [0.25, 0.3) is 0 Å². The monoisotopic (exact) mass is 358 g/mol. The Balaban J connectivity index is 0.000000880. The topological polar surface area (TPSA) is 88.4 Å². The maximum atomic E-state index is 10.6. The summed E-state index contributed by atoms with van der Waals surface area (Å²) in [4.78, 5) is 0. The summed E-state index contributed by atoms with van der Waals surface area (Å²) in [5.41, 5.74) is 0. The van der Waals surface area contributed by atoms with E-state index < -0.39 is 17.7 Å². The smallest absolute Gasteiger partial charge is 0.169 e. The number of hydrogen-bond donors (Lipinski definition) is 3. The first kappa shape index (κ1) is 19.5. The SMILES string of the molecule is CO.OC1CC(OC2(O)CCCCC2)CC2OC3(CCCCC3)OC12. The average Bonchev–Trinajstić information content (AvgIpc) is 2.96. The molecule has 4 unspecified atom stereocenters. The summed E-state index contributed by atoms with van der Waals surface area (Å²) >= 11 is 0. The van der Waals surface area contributed by atoms with E-state index in [9.17, 15) is 10.2 Å². The summed E-state index contributed by atoms with van der Waals surface area (Å²) in [6.45, 7) is 0. The Morgan fingerprint density at radius 2 is 1.44 bits per heavy atom. The fraction of sp³-hybridized carbons (Fsp3) is 1.00. The van der Waals surface area contributed by atoms with Gasteiger partial charge in [0.2, 0.25) is 0 Å². The second kappa shape index (κ2) is 8.19. The molecule has 0 bridgehead atoms. The molecule has 25 heavy (non-hydrogen) atoms. The van der Waals surface area contributed by atoms with Gasteiger partial charge in [-0.1, -0.05) is 12.8 Å². The van der Waals surface area contributed by atoms with Crippen molar-refractivity contribution in [3.63, 3.8) is 0 Å². The first-order valence-corrected chi connectivity index (χ1v) is 9.96. The van der Waals surface area contributed by atoms with Gasteiger partial charge in [-0.2, -0.15) is 0 Å². The molecule has 0 amide bonds. The minimum atomic E-state index is -1.00. The molecule has 6 heteroatoms. The van der Waals surface area contributed by atoms with Crippen molar-refractivity contribution in [1.82, 2.24) is 0 Å². The lowest BCUT2D eigenvalue weighted by Crippen LogP contribution is -2.48. The van der Waals surface area contributed by atoms with Crippen LogP contribution in [0.2, 0.25) is 0 Å². The van der Waals surface area contributed by atoms with Crippen molar-refractivity contribution in [1.29, 1.82) is 0 Å². The van der Waals surface area contributed by atoms with Gasteiger partial charge < -0.3 is 29.5 Å². The predicted octanol–water partition coefficient (Wildman–Crippen LogP) is 2.23. The Bertz CT molecular complexity index is 416. The van der Waals surface area contributed by atoms with Gasteiger partial charge in [0.05, 0.1) is 18.3 Å². The molecule has 3 saturated carbocycles. The first-order valence-electron chi connectivity index (χ1n) is 9.96. The minimum absolute atomic E-state index is 0.103. The van der Waals surface area contributed by atoms with E-state index in [-0.39, 0.29) is 18.3 Å². The number of aliphatic hydroxyl groups is 3. The van der Waals surface area contributed by atoms with E-state index in [1.165, 1.54) is 12.8 Å². The van der Waals surface area contributed by atoms with E-state index in [1.807, 2.05) is 0 Å². The lowest BCUT2D eigenvalue weighted by molar-refractivity contribution is -0.259. The van der Waals surface area contributed by atoms with Crippen molar-refractivity contribution in [3.05, 3.63) is 0 Å². The third-order valence-corrected chi connectivity index (χ3v) is 6.10. The van der Waals surface area contributed by atoms with Crippen molar-refractivity contribution < 1.29 is 29.5 Å². The largest absolute Gasteiger partial charge is 0.400 e. The molecule has 1 spiro atoms. The van der Waals surface area contributed by atoms with Crippen LogP contribution < -0.4 is 0 Å². The molecule has 4 atom stereocenters. The van der Waals surface area contributed by atoms with Crippen molar-refractivity contribution in [3.8, 4) is 0 Å². The van der Waals surface area contributed by atoms with Gasteiger partial charge in [0.25, 0.3) is 0 Å². The Hall–Kier alpha value is -0.240. The van der Waals surface area contributed by atoms with Crippen LogP contribution in [0.5, 0.6) is 0 Å². The van der Waals surface area contributed by atoms with Crippen molar-refractivity contribution >= 4 is 0 Å². The highest BCUT2D eigenvalue weighted by atomic mass is 16.8. The lowest BCUT2D eigenvalue weighted by atomic mass is 9.88. The van der Waals surface area contributed by atoms with Crippen LogP contribution in [-0.2, 0) is 14.2 Å². The Labute approximate surface area is 150 Å². The summed E-state index contributed by atoms with van der Waals surface area (Å²) in [7, 11) is 1.00. The molecular formula is C19H34O6. The van der Waals surface area contributed by atoms with Gasteiger partial charge in [-0.3, -0.25) is 0 Å². The van der Waals surface area contributed by atoms with E-state index >= 15 is 0 Å². The van der Waals surface area contributed by atoms with Gasteiger partial charge >= 0.3 is 0 Å². The summed E-state index contributed by atoms with van der Waals surface area (Å²) in [5, 5.41) is 28.1. The molecule has 0 radical (unpaired) electrons.